The predicted octanol–water partition coefficient (Wildman–Crippen LogP) is 5.80. The predicted molar refractivity (Wildman–Crippen MR) is 78.5 cm³/mol. The number of hydrogen-bond donors (Lipinski definition) is 0. The van der Waals surface area contributed by atoms with E-state index < -0.39 is 0 Å². The van der Waals surface area contributed by atoms with Gasteiger partial charge in [0, 0.05) is 13.8 Å². The van der Waals surface area contributed by atoms with Gasteiger partial charge in [0.15, 0.2) is 0 Å². The minimum atomic E-state index is 0.0312. The van der Waals surface area contributed by atoms with Gasteiger partial charge in [-0.1, -0.05) is 28.1 Å². The van der Waals surface area contributed by atoms with Crippen molar-refractivity contribution in [3.63, 3.8) is 0 Å². The number of thiophene rings is 1. The molecule has 0 N–H and O–H groups in total. The molecule has 1 aromatic carbocycles. The number of alkyl halides is 1. The van der Waals surface area contributed by atoms with E-state index in [1.165, 1.54) is 10.4 Å². The van der Waals surface area contributed by atoms with E-state index in [1.54, 1.807) is 11.3 Å². The lowest BCUT2D eigenvalue weighted by Crippen LogP contribution is -1.94. The van der Waals surface area contributed by atoms with Crippen molar-refractivity contribution < 1.29 is 0 Å². The SMILES string of the molecule is ClC(Cc1cccc(Br)c1)c1sccc1Br. The second kappa shape index (κ2) is 5.67. The fourth-order valence-electron chi connectivity index (χ4n) is 1.49. The van der Waals surface area contributed by atoms with Gasteiger partial charge in [0.2, 0.25) is 0 Å². The summed E-state index contributed by atoms with van der Waals surface area (Å²) in [6.45, 7) is 0. The summed E-state index contributed by atoms with van der Waals surface area (Å²) in [4.78, 5) is 1.20. The summed E-state index contributed by atoms with van der Waals surface area (Å²) in [5, 5.41) is 2.08. The maximum atomic E-state index is 6.40. The van der Waals surface area contributed by atoms with Crippen molar-refractivity contribution in [1.29, 1.82) is 0 Å². The van der Waals surface area contributed by atoms with Crippen molar-refractivity contribution in [1.82, 2.24) is 0 Å². The first-order valence-corrected chi connectivity index (χ1v) is 7.68. The highest BCUT2D eigenvalue weighted by atomic mass is 79.9. The molecule has 84 valence electrons. The number of rotatable bonds is 3. The molecule has 2 aromatic rings. The largest absolute Gasteiger partial charge is 0.146 e. The Bertz CT molecular complexity index is 481. The smallest absolute Gasteiger partial charge is 0.0730 e. The second-order valence-electron chi connectivity index (χ2n) is 3.43. The zero-order valence-corrected chi connectivity index (χ0v) is 13.0. The molecule has 0 nitrogen and oxygen atoms in total. The molecule has 0 spiro atoms. The first-order chi connectivity index (χ1) is 7.66. The fraction of sp³-hybridized carbons (Fsp3) is 0.167. The van der Waals surface area contributed by atoms with Crippen LogP contribution in [0.3, 0.4) is 0 Å². The normalized spacial score (nSPS) is 12.7. The highest BCUT2D eigenvalue weighted by molar-refractivity contribution is 9.10. The quantitative estimate of drug-likeness (QED) is 0.591. The Morgan fingerprint density at radius 1 is 1.25 bits per heavy atom. The Balaban J connectivity index is 2.14. The molecule has 0 saturated carbocycles. The van der Waals surface area contributed by atoms with Crippen LogP contribution < -0.4 is 0 Å². The van der Waals surface area contributed by atoms with Gasteiger partial charge in [-0.3, -0.25) is 0 Å². The van der Waals surface area contributed by atoms with Crippen molar-refractivity contribution in [2.24, 2.45) is 0 Å². The number of benzene rings is 1. The van der Waals surface area contributed by atoms with Crippen molar-refractivity contribution in [3.8, 4) is 0 Å². The molecule has 0 saturated heterocycles. The van der Waals surface area contributed by atoms with Crippen LogP contribution in [0.1, 0.15) is 15.8 Å². The van der Waals surface area contributed by atoms with Crippen LogP contribution in [0.5, 0.6) is 0 Å². The van der Waals surface area contributed by atoms with E-state index in [0.717, 1.165) is 15.4 Å². The van der Waals surface area contributed by atoms with Gasteiger partial charge in [0.1, 0.15) is 0 Å². The van der Waals surface area contributed by atoms with Crippen LogP contribution in [0, 0.1) is 0 Å². The van der Waals surface area contributed by atoms with Gasteiger partial charge in [-0.05, 0) is 51.5 Å². The Morgan fingerprint density at radius 2 is 2.06 bits per heavy atom. The van der Waals surface area contributed by atoms with Crippen LogP contribution in [-0.2, 0) is 6.42 Å². The minimum Gasteiger partial charge on any atom is -0.146 e. The van der Waals surface area contributed by atoms with E-state index in [9.17, 15) is 0 Å². The van der Waals surface area contributed by atoms with E-state index >= 15 is 0 Å². The van der Waals surface area contributed by atoms with Gasteiger partial charge >= 0.3 is 0 Å². The first kappa shape index (κ1) is 12.6. The third-order valence-electron chi connectivity index (χ3n) is 2.23. The lowest BCUT2D eigenvalue weighted by molar-refractivity contribution is 0.935. The number of hydrogen-bond acceptors (Lipinski definition) is 1. The average molecular weight is 381 g/mol. The van der Waals surface area contributed by atoms with Crippen LogP contribution in [0.15, 0.2) is 44.7 Å². The highest BCUT2D eigenvalue weighted by Gasteiger charge is 2.13. The van der Waals surface area contributed by atoms with Gasteiger partial charge in [0.25, 0.3) is 0 Å². The standard InChI is InChI=1S/C12H9Br2ClS/c13-9-3-1-2-8(6-9)7-11(15)12-10(14)4-5-16-12/h1-6,11H,7H2. The number of halogens is 3. The molecule has 0 aliphatic carbocycles. The maximum absolute atomic E-state index is 6.40. The summed E-state index contributed by atoms with van der Waals surface area (Å²) in [6, 6.07) is 10.3. The molecule has 4 heteroatoms. The van der Waals surface area contributed by atoms with E-state index in [0.29, 0.717) is 0 Å². The van der Waals surface area contributed by atoms with E-state index in [2.05, 4.69) is 49.4 Å². The van der Waals surface area contributed by atoms with Crippen LogP contribution >= 0.6 is 54.8 Å². The second-order valence-corrected chi connectivity index (χ2v) is 6.68. The first-order valence-electron chi connectivity index (χ1n) is 4.78. The van der Waals surface area contributed by atoms with Crippen LogP contribution in [-0.4, -0.2) is 0 Å². The summed E-state index contributed by atoms with van der Waals surface area (Å²) in [5.74, 6) is 0. The average Bonchev–Trinajstić information content (AvgIpc) is 2.64. The van der Waals surface area contributed by atoms with Crippen molar-refractivity contribution in [2.45, 2.75) is 11.8 Å². The molecule has 1 heterocycles. The summed E-state index contributed by atoms with van der Waals surface area (Å²) in [7, 11) is 0. The van der Waals surface area contributed by atoms with E-state index in [-0.39, 0.29) is 5.38 Å². The topological polar surface area (TPSA) is 0 Å². The third kappa shape index (κ3) is 3.10. The Kier molecular flexibility index (Phi) is 4.48. The van der Waals surface area contributed by atoms with Crippen LogP contribution in [0.25, 0.3) is 0 Å². The zero-order chi connectivity index (χ0) is 11.5. The molecule has 1 unspecified atom stereocenters. The molecule has 2 rings (SSSR count). The molecule has 0 bridgehead atoms. The molecule has 0 fully saturated rings. The van der Waals surface area contributed by atoms with Crippen LogP contribution in [0.4, 0.5) is 0 Å². The molecule has 0 aliphatic heterocycles. The summed E-state index contributed by atoms with van der Waals surface area (Å²) >= 11 is 15.1. The van der Waals surface area contributed by atoms with Gasteiger partial charge in [-0.15, -0.1) is 22.9 Å². The third-order valence-corrected chi connectivity index (χ3v) is 5.21. The maximum Gasteiger partial charge on any atom is 0.0730 e. The molecule has 0 radical (unpaired) electrons. The lowest BCUT2D eigenvalue weighted by atomic mass is 10.1. The fourth-order valence-corrected chi connectivity index (χ4v) is 4.15. The Hall–Kier alpha value is 0.170. The van der Waals surface area contributed by atoms with Gasteiger partial charge in [0.05, 0.1) is 5.38 Å². The van der Waals surface area contributed by atoms with Gasteiger partial charge in [-0.2, -0.15) is 0 Å². The molecule has 1 atom stereocenters. The van der Waals surface area contributed by atoms with E-state index in [4.69, 9.17) is 11.6 Å². The van der Waals surface area contributed by atoms with Crippen molar-refractivity contribution in [3.05, 3.63) is 55.1 Å². The molecular weight excluding hydrogens is 371 g/mol. The Labute approximate surface area is 121 Å². The molecule has 1 aromatic heterocycles. The molecule has 16 heavy (non-hydrogen) atoms. The van der Waals surface area contributed by atoms with Crippen LogP contribution in [0.2, 0.25) is 0 Å². The Morgan fingerprint density at radius 3 is 2.69 bits per heavy atom. The van der Waals surface area contributed by atoms with Gasteiger partial charge < -0.3 is 0 Å². The van der Waals surface area contributed by atoms with Crippen molar-refractivity contribution in [2.75, 3.05) is 0 Å². The monoisotopic (exact) mass is 378 g/mol. The summed E-state index contributed by atoms with van der Waals surface area (Å²) < 4.78 is 2.20. The van der Waals surface area contributed by atoms with Crippen molar-refractivity contribution >= 4 is 54.8 Å². The molecular formula is C12H9Br2ClS. The molecule has 0 aliphatic rings. The zero-order valence-electron chi connectivity index (χ0n) is 8.29. The highest BCUT2D eigenvalue weighted by Crippen LogP contribution is 2.35. The lowest BCUT2D eigenvalue weighted by Gasteiger charge is -2.08. The summed E-state index contributed by atoms with van der Waals surface area (Å²) in [5.41, 5.74) is 1.25. The minimum absolute atomic E-state index is 0.0312. The van der Waals surface area contributed by atoms with Gasteiger partial charge in [-0.25, -0.2) is 0 Å². The summed E-state index contributed by atoms with van der Waals surface area (Å²) in [6.07, 6.45) is 0.847. The molecule has 0 amide bonds. The van der Waals surface area contributed by atoms with E-state index in [1.807, 2.05) is 18.2 Å².